The lowest BCUT2D eigenvalue weighted by Crippen LogP contribution is -2.54. The zero-order valence-electron chi connectivity index (χ0n) is 9.25. The molecule has 0 aliphatic carbocycles. The zero-order chi connectivity index (χ0) is 10.8. The molecule has 0 spiro atoms. The largest absolute Gasteiger partial charge is 0.366 e. The molecule has 2 N–H and O–H groups in total. The topological polar surface area (TPSA) is 55.6 Å². The van der Waals surface area contributed by atoms with Crippen LogP contribution in [0.5, 0.6) is 0 Å². The number of nitrogens with zero attached hydrogens (tertiary/aromatic N) is 1. The van der Waals surface area contributed by atoms with E-state index in [0.29, 0.717) is 12.5 Å². The molecule has 0 bridgehead atoms. The molecule has 1 saturated heterocycles. The minimum atomic E-state index is -0.242. The number of nitrogens with two attached hydrogens (primary N) is 1. The molecule has 0 atom stereocenters. The highest BCUT2D eigenvalue weighted by Gasteiger charge is 2.29. The lowest BCUT2D eigenvalue weighted by atomic mass is 10.0. The summed E-state index contributed by atoms with van der Waals surface area (Å²) in [6, 6.07) is 0. The summed E-state index contributed by atoms with van der Waals surface area (Å²) in [7, 11) is 0. The first-order valence-corrected chi connectivity index (χ1v) is 5.04. The van der Waals surface area contributed by atoms with Crippen molar-refractivity contribution in [3.63, 3.8) is 0 Å². The van der Waals surface area contributed by atoms with Gasteiger partial charge in [-0.1, -0.05) is 0 Å². The molecule has 0 saturated carbocycles. The summed E-state index contributed by atoms with van der Waals surface area (Å²) in [5.41, 5.74) is 5.23. The molecule has 1 fully saturated rings. The predicted octanol–water partition coefficient (Wildman–Crippen LogP) is 0.219. The Morgan fingerprint density at radius 3 is 2.50 bits per heavy atom. The molecule has 1 rings (SSSR count). The third-order valence-corrected chi connectivity index (χ3v) is 2.27. The van der Waals surface area contributed by atoms with Crippen molar-refractivity contribution in [1.82, 2.24) is 4.90 Å². The quantitative estimate of drug-likeness (QED) is 0.709. The van der Waals surface area contributed by atoms with E-state index in [-0.39, 0.29) is 18.1 Å². The average Bonchev–Trinajstić information content (AvgIpc) is 1.97. The van der Waals surface area contributed by atoms with Crippen LogP contribution in [0.15, 0.2) is 0 Å². The molecule has 1 heterocycles. The molecule has 0 aromatic rings. The molecule has 0 unspecified atom stereocenters. The number of ether oxygens (including phenoxy) is 1. The molecular formula is C10H20N2O2. The minimum absolute atomic E-state index is 0.0737. The van der Waals surface area contributed by atoms with Crippen LogP contribution in [0.25, 0.3) is 0 Å². The van der Waals surface area contributed by atoms with Crippen molar-refractivity contribution in [1.29, 1.82) is 0 Å². The summed E-state index contributed by atoms with van der Waals surface area (Å²) in [5.74, 6) is 0.568. The van der Waals surface area contributed by atoms with Crippen molar-refractivity contribution in [2.24, 2.45) is 11.7 Å². The van der Waals surface area contributed by atoms with Crippen molar-refractivity contribution in [3.05, 3.63) is 0 Å². The van der Waals surface area contributed by atoms with E-state index in [0.717, 1.165) is 13.1 Å². The van der Waals surface area contributed by atoms with Crippen LogP contribution >= 0.6 is 0 Å². The molecular weight excluding hydrogens is 180 g/mol. The van der Waals surface area contributed by atoms with Gasteiger partial charge in [0.05, 0.1) is 5.60 Å². The third-order valence-electron chi connectivity index (χ3n) is 2.27. The number of hydrogen-bond donors (Lipinski definition) is 1. The van der Waals surface area contributed by atoms with Gasteiger partial charge in [-0.2, -0.15) is 0 Å². The Balaban J connectivity index is 2.18. The standard InChI is InChI=1S/C10H20N2O2/c1-10(2,3)14-7-9(13)12-5-8(4-11)6-12/h8H,4-7,11H2,1-3H3. The molecule has 1 aliphatic rings. The second kappa shape index (κ2) is 4.28. The van der Waals surface area contributed by atoms with Crippen LogP contribution < -0.4 is 5.73 Å². The van der Waals surface area contributed by atoms with Gasteiger partial charge >= 0.3 is 0 Å². The Bertz CT molecular complexity index is 205. The van der Waals surface area contributed by atoms with Gasteiger partial charge in [0.1, 0.15) is 6.61 Å². The summed E-state index contributed by atoms with van der Waals surface area (Å²) in [4.78, 5) is 13.3. The average molecular weight is 200 g/mol. The van der Waals surface area contributed by atoms with Gasteiger partial charge in [-0.05, 0) is 27.3 Å². The summed E-state index contributed by atoms with van der Waals surface area (Å²) in [6.45, 7) is 8.27. The number of amides is 1. The lowest BCUT2D eigenvalue weighted by molar-refractivity contribution is -0.147. The lowest BCUT2D eigenvalue weighted by Gasteiger charge is -2.39. The summed E-state index contributed by atoms with van der Waals surface area (Å²) in [5, 5.41) is 0. The van der Waals surface area contributed by atoms with Crippen LogP contribution in [-0.2, 0) is 9.53 Å². The predicted molar refractivity (Wildman–Crippen MR) is 54.8 cm³/mol. The first-order chi connectivity index (χ1) is 6.42. The SMILES string of the molecule is CC(C)(C)OCC(=O)N1CC(CN)C1. The number of carbonyl (C=O) groups excluding carboxylic acids is 1. The fraction of sp³-hybridized carbons (Fsp3) is 0.900. The van der Waals surface area contributed by atoms with Crippen LogP contribution in [-0.4, -0.2) is 42.6 Å². The summed E-state index contributed by atoms with van der Waals surface area (Å²) >= 11 is 0. The molecule has 0 aromatic carbocycles. The Morgan fingerprint density at radius 1 is 1.50 bits per heavy atom. The van der Waals surface area contributed by atoms with Gasteiger partial charge in [0.15, 0.2) is 0 Å². The summed E-state index contributed by atoms with van der Waals surface area (Å²) in [6.07, 6.45) is 0. The third kappa shape index (κ3) is 3.27. The van der Waals surface area contributed by atoms with Gasteiger partial charge in [-0.3, -0.25) is 4.79 Å². The van der Waals surface area contributed by atoms with Gasteiger partial charge in [0.2, 0.25) is 5.91 Å². The number of likely N-dealkylation sites (tertiary alicyclic amines) is 1. The van der Waals surface area contributed by atoms with Crippen molar-refractivity contribution in [2.75, 3.05) is 26.2 Å². The van der Waals surface area contributed by atoms with E-state index in [2.05, 4.69) is 0 Å². The Kier molecular flexibility index (Phi) is 3.50. The van der Waals surface area contributed by atoms with Crippen molar-refractivity contribution in [2.45, 2.75) is 26.4 Å². The highest BCUT2D eigenvalue weighted by atomic mass is 16.5. The second-order valence-corrected chi connectivity index (χ2v) is 4.80. The van der Waals surface area contributed by atoms with Crippen LogP contribution in [0.1, 0.15) is 20.8 Å². The molecule has 1 aliphatic heterocycles. The molecule has 82 valence electrons. The normalized spacial score (nSPS) is 18.1. The summed E-state index contributed by atoms with van der Waals surface area (Å²) < 4.78 is 5.39. The number of hydrogen-bond acceptors (Lipinski definition) is 3. The van der Waals surface area contributed by atoms with E-state index in [1.165, 1.54) is 0 Å². The Morgan fingerprint density at radius 2 is 2.07 bits per heavy atom. The monoisotopic (exact) mass is 200 g/mol. The van der Waals surface area contributed by atoms with E-state index in [9.17, 15) is 4.79 Å². The van der Waals surface area contributed by atoms with E-state index in [4.69, 9.17) is 10.5 Å². The van der Waals surface area contributed by atoms with Crippen molar-refractivity contribution < 1.29 is 9.53 Å². The van der Waals surface area contributed by atoms with Crippen LogP contribution in [0.2, 0.25) is 0 Å². The molecule has 0 radical (unpaired) electrons. The molecule has 0 aromatic heterocycles. The Hall–Kier alpha value is -0.610. The van der Waals surface area contributed by atoms with Gasteiger partial charge in [-0.15, -0.1) is 0 Å². The van der Waals surface area contributed by atoms with Gasteiger partial charge in [0.25, 0.3) is 0 Å². The first kappa shape index (κ1) is 11.5. The van der Waals surface area contributed by atoms with E-state index < -0.39 is 0 Å². The van der Waals surface area contributed by atoms with E-state index in [1.54, 1.807) is 4.90 Å². The van der Waals surface area contributed by atoms with Crippen LogP contribution in [0.3, 0.4) is 0 Å². The molecule has 4 nitrogen and oxygen atoms in total. The van der Waals surface area contributed by atoms with Crippen molar-refractivity contribution in [3.8, 4) is 0 Å². The van der Waals surface area contributed by atoms with Crippen LogP contribution in [0.4, 0.5) is 0 Å². The van der Waals surface area contributed by atoms with E-state index >= 15 is 0 Å². The first-order valence-electron chi connectivity index (χ1n) is 5.04. The molecule has 14 heavy (non-hydrogen) atoms. The number of carbonyl (C=O) groups is 1. The molecule has 1 amide bonds. The Labute approximate surface area is 85.4 Å². The zero-order valence-corrected chi connectivity index (χ0v) is 9.25. The fourth-order valence-corrected chi connectivity index (χ4v) is 1.29. The smallest absolute Gasteiger partial charge is 0.248 e. The highest BCUT2D eigenvalue weighted by Crippen LogP contribution is 2.15. The van der Waals surface area contributed by atoms with Crippen molar-refractivity contribution >= 4 is 5.91 Å². The minimum Gasteiger partial charge on any atom is -0.366 e. The maximum Gasteiger partial charge on any atom is 0.248 e. The molecule has 4 heteroatoms. The van der Waals surface area contributed by atoms with Gasteiger partial charge < -0.3 is 15.4 Å². The van der Waals surface area contributed by atoms with Crippen LogP contribution in [0, 0.1) is 5.92 Å². The number of rotatable bonds is 3. The second-order valence-electron chi connectivity index (χ2n) is 4.80. The maximum atomic E-state index is 11.5. The van der Waals surface area contributed by atoms with E-state index in [1.807, 2.05) is 20.8 Å². The van der Waals surface area contributed by atoms with Gasteiger partial charge in [-0.25, -0.2) is 0 Å². The van der Waals surface area contributed by atoms with Gasteiger partial charge in [0, 0.05) is 19.0 Å². The highest BCUT2D eigenvalue weighted by molar-refractivity contribution is 5.78. The maximum absolute atomic E-state index is 11.5. The fourth-order valence-electron chi connectivity index (χ4n) is 1.29.